The van der Waals surface area contributed by atoms with E-state index in [0.717, 1.165) is 30.2 Å². The zero-order valence-corrected chi connectivity index (χ0v) is 22.1. The molecule has 0 saturated heterocycles. The van der Waals surface area contributed by atoms with Gasteiger partial charge in [-0.1, -0.05) is 17.7 Å². The van der Waals surface area contributed by atoms with Gasteiger partial charge in [-0.05, 0) is 79.3 Å². The lowest BCUT2D eigenvalue weighted by Crippen LogP contribution is -2.26. The number of benzene rings is 3. The third-order valence-electron chi connectivity index (χ3n) is 6.54. The Balaban J connectivity index is 1.80. The molecule has 1 heterocycles. The molecule has 37 heavy (non-hydrogen) atoms. The summed E-state index contributed by atoms with van der Waals surface area (Å²) in [6.07, 6.45) is 2.95. The van der Waals surface area contributed by atoms with E-state index in [1.807, 2.05) is 6.07 Å². The molecule has 1 N–H and O–H groups in total. The molecular weight excluding hydrogens is 510 g/mol. The topological polar surface area (TPSA) is 103 Å². The third-order valence-corrected chi connectivity index (χ3v) is 7.86. The molecule has 1 saturated carbocycles. The number of rotatable bonds is 6. The van der Waals surface area contributed by atoms with Gasteiger partial charge in [-0.2, -0.15) is 5.26 Å². The first-order valence-electron chi connectivity index (χ1n) is 11.7. The number of aryl methyl sites for hydroxylation is 1. The second kappa shape index (κ2) is 9.25. The number of hydrogen-bond acceptors (Lipinski definition) is 5. The van der Waals surface area contributed by atoms with Crippen LogP contribution in [0.3, 0.4) is 0 Å². The van der Waals surface area contributed by atoms with E-state index in [1.165, 1.54) is 4.31 Å². The number of fused-ring (bicyclic) bond motifs is 1. The molecule has 0 radical (unpaired) electrons. The zero-order chi connectivity index (χ0) is 26.5. The Morgan fingerprint density at radius 3 is 2.43 bits per heavy atom. The lowest BCUT2D eigenvalue weighted by molar-refractivity contribution is 0.0964. The van der Waals surface area contributed by atoms with Crippen LogP contribution in [0.2, 0.25) is 5.02 Å². The van der Waals surface area contributed by atoms with Crippen molar-refractivity contribution < 1.29 is 17.6 Å². The maximum absolute atomic E-state index is 13.2. The fraction of sp³-hybridized carbons (Fsp3) is 0.214. The van der Waals surface area contributed by atoms with Gasteiger partial charge in [0.05, 0.1) is 34.8 Å². The summed E-state index contributed by atoms with van der Waals surface area (Å²) in [6.45, 7) is 1.80. The molecule has 1 aromatic heterocycles. The van der Waals surface area contributed by atoms with Gasteiger partial charge in [0.1, 0.15) is 11.3 Å². The molecule has 0 bridgehead atoms. The monoisotopic (exact) mass is 533 g/mol. The highest BCUT2D eigenvalue weighted by Gasteiger charge is 2.34. The molecule has 0 atom stereocenters. The highest BCUT2D eigenvalue weighted by atomic mass is 35.5. The summed E-state index contributed by atoms with van der Waals surface area (Å²) < 4.78 is 33.8. The number of carbonyl (C=O) groups is 1. The summed E-state index contributed by atoms with van der Waals surface area (Å²) in [5, 5.41) is 13.4. The first-order valence-corrected chi connectivity index (χ1v) is 13.9. The molecule has 1 fully saturated rings. The number of amides is 1. The van der Waals surface area contributed by atoms with Gasteiger partial charge in [0, 0.05) is 29.1 Å². The number of sulfonamides is 1. The number of carbonyl (C=O) groups excluding carboxylic acids is 1. The molecule has 0 unspecified atom stereocenters. The first kappa shape index (κ1) is 24.9. The van der Waals surface area contributed by atoms with Gasteiger partial charge in [-0.3, -0.25) is 4.79 Å². The van der Waals surface area contributed by atoms with E-state index >= 15 is 0 Å². The highest BCUT2D eigenvalue weighted by Crippen LogP contribution is 2.49. The minimum atomic E-state index is -3.80. The molecule has 5 rings (SSSR count). The lowest BCUT2D eigenvalue weighted by atomic mass is 10.00. The summed E-state index contributed by atoms with van der Waals surface area (Å²) in [5.74, 6) is 0.212. The van der Waals surface area contributed by atoms with Crippen molar-refractivity contribution in [2.45, 2.75) is 25.7 Å². The maximum Gasteiger partial charge on any atom is 0.255 e. The zero-order valence-electron chi connectivity index (χ0n) is 20.5. The molecule has 1 aliphatic carbocycles. The largest absolute Gasteiger partial charge is 0.455 e. The number of furan rings is 1. The molecule has 1 amide bonds. The van der Waals surface area contributed by atoms with Crippen LogP contribution in [0.4, 0.5) is 11.4 Å². The van der Waals surface area contributed by atoms with Gasteiger partial charge in [-0.25, -0.2) is 12.7 Å². The normalized spacial score (nSPS) is 13.4. The van der Waals surface area contributed by atoms with Crippen LogP contribution in [0.1, 0.15) is 45.8 Å². The fourth-order valence-corrected chi connectivity index (χ4v) is 5.70. The predicted molar refractivity (Wildman–Crippen MR) is 145 cm³/mol. The summed E-state index contributed by atoms with van der Waals surface area (Å²) >= 11 is 6.07. The van der Waals surface area contributed by atoms with Gasteiger partial charge in [0.2, 0.25) is 10.0 Å². The van der Waals surface area contributed by atoms with Crippen molar-refractivity contribution in [1.82, 2.24) is 5.32 Å². The quantitative estimate of drug-likeness (QED) is 0.314. The summed E-state index contributed by atoms with van der Waals surface area (Å²) in [7, 11) is -2.24. The van der Waals surface area contributed by atoms with Gasteiger partial charge in [-0.15, -0.1) is 0 Å². The smallest absolute Gasteiger partial charge is 0.255 e. The number of hydrogen-bond donors (Lipinski definition) is 1. The molecule has 7 nitrogen and oxygen atoms in total. The van der Waals surface area contributed by atoms with Crippen molar-refractivity contribution in [2.24, 2.45) is 0 Å². The Kier molecular flexibility index (Phi) is 6.22. The van der Waals surface area contributed by atoms with Crippen molar-refractivity contribution in [3.8, 4) is 17.4 Å². The van der Waals surface area contributed by atoms with Crippen molar-refractivity contribution >= 4 is 49.9 Å². The fourth-order valence-electron chi connectivity index (χ4n) is 4.57. The first-order chi connectivity index (χ1) is 17.6. The van der Waals surface area contributed by atoms with Crippen molar-refractivity contribution in [2.75, 3.05) is 17.6 Å². The number of anilines is 2. The lowest BCUT2D eigenvalue weighted by Gasteiger charge is -2.25. The Morgan fingerprint density at radius 1 is 1.14 bits per heavy atom. The molecule has 4 aromatic rings. The van der Waals surface area contributed by atoms with Crippen LogP contribution >= 0.6 is 11.6 Å². The Labute approximate surface area is 220 Å². The SMILES string of the molecule is CNC(=O)c1c(-c2ccc(Cl)cc2)oc2cc(N(c3ccc(C)c(C#N)c3)S(C)(=O)=O)c(C3CC3)cc12. The highest BCUT2D eigenvalue weighted by molar-refractivity contribution is 7.92. The second-order valence-electron chi connectivity index (χ2n) is 9.21. The summed E-state index contributed by atoms with van der Waals surface area (Å²) in [5.41, 5.74) is 4.20. The molecule has 0 spiro atoms. The minimum Gasteiger partial charge on any atom is -0.455 e. The molecule has 9 heteroatoms. The number of halogens is 1. The van der Waals surface area contributed by atoms with Crippen LogP contribution in [0.5, 0.6) is 0 Å². The predicted octanol–water partition coefficient (Wildman–Crippen LogP) is 6.27. The van der Waals surface area contributed by atoms with Gasteiger partial charge < -0.3 is 9.73 Å². The number of nitriles is 1. The van der Waals surface area contributed by atoms with Gasteiger partial charge >= 0.3 is 0 Å². The van der Waals surface area contributed by atoms with E-state index in [1.54, 1.807) is 62.5 Å². The third kappa shape index (κ3) is 4.57. The van der Waals surface area contributed by atoms with E-state index < -0.39 is 10.0 Å². The number of nitrogens with zero attached hydrogens (tertiary/aromatic N) is 2. The summed E-state index contributed by atoms with van der Waals surface area (Å²) in [6, 6.07) is 17.7. The van der Waals surface area contributed by atoms with Crippen LogP contribution in [0.15, 0.2) is 59.0 Å². The molecule has 3 aromatic carbocycles. The van der Waals surface area contributed by atoms with Crippen LogP contribution < -0.4 is 9.62 Å². The Bertz CT molecular complexity index is 1700. The molecule has 188 valence electrons. The van der Waals surface area contributed by atoms with E-state index in [0.29, 0.717) is 49.8 Å². The van der Waals surface area contributed by atoms with Gasteiger partial charge in [0.25, 0.3) is 5.91 Å². The van der Waals surface area contributed by atoms with Crippen molar-refractivity contribution in [1.29, 1.82) is 5.26 Å². The summed E-state index contributed by atoms with van der Waals surface area (Å²) in [4.78, 5) is 13.0. The molecule has 0 aliphatic heterocycles. The van der Waals surface area contributed by atoms with Crippen molar-refractivity contribution in [3.05, 3.63) is 81.9 Å². The Morgan fingerprint density at radius 2 is 1.84 bits per heavy atom. The number of nitrogens with one attached hydrogen (secondary N) is 1. The second-order valence-corrected chi connectivity index (χ2v) is 11.5. The van der Waals surface area contributed by atoms with Gasteiger partial charge in [0.15, 0.2) is 0 Å². The maximum atomic E-state index is 13.2. The van der Waals surface area contributed by atoms with Crippen LogP contribution in [-0.4, -0.2) is 27.6 Å². The van der Waals surface area contributed by atoms with Crippen molar-refractivity contribution in [3.63, 3.8) is 0 Å². The van der Waals surface area contributed by atoms with Crippen LogP contribution in [0.25, 0.3) is 22.3 Å². The van der Waals surface area contributed by atoms with E-state index in [4.69, 9.17) is 16.0 Å². The molecule has 1 aliphatic rings. The molecular formula is C28H24ClN3O4S. The standard InChI is InChI=1S/C28H24ClN3O4S/c1-16-4-11-21(12-19(16)15-30)32(37(3,34)35)24-14-25-23(13-22(24)17-5-6-17)26(28(33)31-2)27(36-25)18-7-9-20(29)10-8-18/h4,7-14,17H,5-6H2,1-3H3,(H,31,33). The Hall–Kier alpha value is -3.80. The average molecular weight is 534 g/mol. The van der Waals surface area contributed by atoms with E-state index in [2.05, 4.69) is 11.4 Å². The van der Waals surface area contributed by atoms with Crippen LogP contribution in [0, 0.1) is 18.3 Å². The van der Waals surface area contributed by atoms with E-state index in [-0.39, 0.29) is 11.8 Å². The van der Waals surface area contributed by atoms with E-state index in [9.17, 15) is 18.5 Å². The van der Waals surface area contributed by atoms with Crippen LogP contribution in [-0.2, 0) is 10.0 Å². The average Bonchev–Trinajstić information content (AvgIpc) is 3.64. The minimum absolute atomic E-state index is 0.149.